The number of nitrogens with one attached hydrogen (secondary N) is 1. The van der Waals surface area contributed by atoms with E-state index < -0.39 is 0 Å². The fraction of sp³-hybridized carbons (Fsp3) is 0.250. The van der Waals surface area contributed by atoms with Gasteiger partial charge in [-0.2, -0.15) is 0 Å². The Morgan fingerprint density at radius 3 is 2.58 bits per heavy atom. The Morgan fingerprint density at radius 2 is 1.74 bits per heavy atom. The van der Waals surface area contributed by atoms with Gasteiger partial charge in [-0.15, -0.1) is 0 Å². The molecule has 0 atom stereocenters. The van der Waals surface area contributed by atoms with Gasteiger partial charge in [-0.3, -0.25) is 0 Å². The molecule has 0 saturated heterocycles. The lowest BCUT2D eigenvalue weighted by molar-refractivity contribution is 0.357. The Labute approximate surface area is 113 Å². The first-order valence-corrected chi connectivity index (χ1v) is 6.61. The molecule has 0 unspecified atom stereocenters. The van der Waals surface area contributed by atoms with Crippen LogP contribution in [0.3, 0.4) is 0 Å². The van der Waals surface area contributed by atoms with Gasteiger partial charge in [0.1, 0.15) is 5.75 Å². The van der Waals surface area contributed by atoms with Crippen LogP contribution in [0.15, 0.2) is 42.5 Å². The van der Waals surface area contributed by atoms with Gasteiger partial charge < -0.3 is 15.8 Å². The van der Waals surface area contributed by atoms with Crippen LogP contribution < -0.4 is 15.8 Å². The summed E-state index contributed by atoms with van der Waals surface area (Å²) < 4.78 is 5.51. The molecule has 0 fully saturated rings. The summed E-state index contributed by atoms with van der Waals surface area (Å²) >= 11 is 0. The number of benzene rings is 2. The minimum absolute atomic E-state index is 0.808. The standard InChI is InChI=1S/C16H18N2O/c17-15-4-1-12(2-5-15)10-18-11-13-3-6-16-14(9-13)7-8-19-16/h1-6,9,18H,7-8,10-11,17H2. The molecule has 1 aliphatic rings. The quantitative estimate of drug-likeness (QED) is 0.824. The van der Waals surface area contributed by atoms with Gasteiger partial charge >= 0.3 is 0 Å². The minimum Gasteiger partial charge on any atom is -0.493 e. The first kappa shape index (κ1) is 12.1. The lowest BCUT2D eigenvalue weighted by Gasteiger charge is -2.07. The van der Waals surface area contributed by atoms with E-state index in [-0.39, 0.29) is 0 Å². The maximum absolute atomic E-state index is 5.67. The molecule has 0 amide bonds. The molecule has 1 heterocycles. The van der Waals surface area contributed by atoms with E-state index in [0.29, 0.717) is 0 Å². The van der Waals surface area contributed by atoms with Crippen LogP contribution in [0.4, 0.5) is 5.69 Å². The molecule has 3 rings (SSSR count). The van der Waals surface area contributed by atoms with Gasteiger partial charge in [0, 0.05) is 25.2 Å². The van der Waals surface area contributed by atoms with Crippen molar-refractivity contribution in [2.45, 2.75) is 19.5 Å². The van der Waals surface area contributed by atoms with Gasteiger partial charge in [0.25, 0.3) is 0 Å². The van der Waals surface area contributed by atoms with Gasteiger partial charge in [-0.25, -0.2) is 0 Å². The van der Waals surface area contributed by atoms with Gasteiger partial charge in [0.2, 0.25) is 0 Å². The molecule has 0 spiro atoms. The Hall–Kier alpha value is -2.00. The first-order chi connectivity index (χ1) is 9.31. The van der Waals surface area contributed by atoms with E-state index in [4.69, 9.17) is 10.5 Å². The number of anilines is 1. The summed E-state index contributed by atoms with van der Waals surface area (Å²) in [4.78, 5) is 0. The van der Waals surface area contributed by atoms with Gasteiger partial charge in [-0.1, -0.05) is 24.3 Å². The zero-order valence-corrected chi connectivity index (χ0v) is 10.9. The molecule has 3 heteroatoms. The average molecular weight is 254 g/mol. The molecule has 2 aromatic rings. The van der Waals surface area contributed by atoms with E-state index in [1.54, 1.807) is 0 Å². The highest BCUT2D eigenvalue weighted by molar-refractivity contribution is 5.40. The van der Waals surface area contributed by atoms with Crippen molar-refractivity contribution in [2.24, 2.45) is 0 Å². The lowest BCUT2D eigenvalue weighted by atomic mass is 10.1. The second-order valence-electron chi connectivity index (χ2n) is 4.89. The maximum atomic E-state index is 5.67. The van der Waals surface area contributed by atoms with E-state index in [0.717, 1.165) is 37.6 Å². The molecule has 2 aromatic carbocycles. The molecule has 1 aliphatic heterocycles. The smallest absolute Gasteiger partial charge is 0.122 e. The molecular weight excluding hydrogens is 236 g/mol. The van der Waals surface area contributed by atoms with Crippen LogP contribution in [0.2, 0.25) is 0 Å². The Kier molecular flexibility index (Phi) is 3.38. The molecule has 0 radical (unpaired) electrons. The summed E-state index contributed by atoms with van der Waals surface area (Å²) in [5, 5.41) is 3.45. The topological polar surface area (TPSA) is 47.3 Å². The predicted molar refractivity (Wildman–Crippen MR) is 77.0 cm³/mol. The number of nitrogens with two attached hydrogens (primary N) is 1. The minimum atomic E-state index is 0.808. The van der Waals surface area contributed by atoms with Crippen molar-refractivity contribution >= 4 is 5.69 Å². The number of hydrogen-bond donors (Lipinski definition) is 2. The van der Waals surface area contributed by atoms with Gasteiger partial charge in [-0.05, 0) is 34.9 Å². The summed E-state index contributed by atoms with van der Waals surface area (Å²) in [6, 6.07) is 14.4. The SMILES string of the molecule is Nc1ccc(CNCc2ccc3c(c2)CCO3)cc1. The molecule has 19 heavy (non-hydrogen) atoms. The van der Waals surface area contributed by atoms with E-state index >= 15 is 0 Å². The lowest BCUT2D eigenvalue weighted by Crippen LogP contribution is -2.12. The molecule has 0 saturated carbocycles. The zero-order valence-electron chi connectivity index (χ0n) is 10.9. The van der Waals surface area contributed by atoms with E-state index in [2.05, 4.69) is 35.6 Å². The highest BCUT2D eigenvalue weighted by Crippen LogP contribution is 2.25. The van der Waals surface area contributed by atoms with E-state index in [1.165, 1.54) is 16.7 Å². The van der Waals surface area contributed by atoms with Gasteiger partial charge in [0.05, 0.1) is 6.61 Å². The normalized spacial score (nSPS) is 13.1. The van der Waals surface area contributed by atoms with Crippen molar-refractivity contribution in [3.05, 3.63) is 59.2 Å². The third kappa shape index (κ3) is 2.88. The molecule has 0 aliphatic carbocycles. The van der Waals surface area contributed by atoms with Crippen LogP contribution in [0.25, 0.3) is 0 Å². The largest absolute Gasteiger partial charge is 0.493 e. The molecular formula is C16H18N2O. The Balaban J connectivity index is 1.56. The molecule has 98 valence electrons. The fourth-order valence-electron chi connectivity index (χ4n) is 2.34. The van der Waals surface area contributed by atoms with Crippen molar-refractivity contribution in [1.82, 2.24) is 5.32 Å². The number of ether oxygens (including phenoxy) is 1. The Morgan fingerprint density at radius 1 is 1.00 bits per heavy atom. The summed E-state index contributed by atoms with van der Waals surface area (Å²) in [7, 11) is 0. The second-order valence-corrected chi connectivity index (χ2v) is 4.89. The van der Waals surface area contributed by atoms with Crippen molar-refractivity contribution in [1.29, 1.82) is 0 Å². The summed E-state index contributed by atoms with van der Waals surface area (Å²) in [6.45, 7) is 2.54. The Bertz CT molecular complexity index is 563. The van der Waals surface area contributed by atoms with Crippen LogP contribution in [0, 0.1) is 0 Å². The number of nitrogen functional groups attached to an aromatic ring is 1. The van der Waals surface area contributed by atoms with Gasteiger partial charge in [0.15, 0.2) is 0 Å². The second kappa shape index (κ2) is 5.33. The van der Waals surface area contributed by atoms with Crippen molar-refractivity contribution in [3.8, 4) is 5.75 Å². The van der Waals surface area contributed by atoms with Crippen molar-refractivity contribution in [3.63, 3.8) is 0 Å². The van der Waals surface area contributed by atoms with Crippen LogP contribution >= 0.6 is 0 Å². The zero-order chi connectivity index (χ0) is 13.1. The van der Waals surface area contributed by atoms with Crippen LogP contribution in [0.1, 0.15) is 16.7 Å². The summed E-state index contributed by atoms with van der Waals surface area (Å²) in [6.07, 6.45) is 1.03. The monoisotopic (exact) mass is 254 g/mol. The summed E-state index contributed by atoms with van der Waals surface area (Å²) in [5.41, 5.74) is 10.4. The number of rotatable bonds is 4. The molecule has 3 nitrogen and oxygen atoms in total. The average Bonchev–Trinajstić information content (AvgIpc) is 2.88. The highest BCUT2D eigenvalue weighted by atomic mass is 16.5. The predicted octanol–water partition coefficient (Wildman–Crippen LogP) is 2.49. The molecule has 0 bridgehead atoms. The fourth-order valence-corrected chi connectivity index (χ4v) is 2.34. The maximum Gasteiger partial charge on any atom is 0.122 e. The third-order valence-electron chi connectivity index (χ3n) is 3.39. The summed E-state index contributed by atoms with van der Waals surface area (Å²) in [5.74, 6) is 1.04. The third-order valence-corrected chi connectivity index (χ3v) is 3.39. The van der Waals surface area contributed by atoms with Crippen LogP contribution in [0.5, 0.6) is 5.75 Å². The number of fused-ring (bicyclic) bond motifs is 1. The number of hydrogen-bond acceptors (Lipinski definition) is 3. The highest BCUT2D eigenvalue weighted by Gasteiger charge is 2.11. The van der Waals surface area contributed by atoms with E-state index in [1.807, 2.05) is 12.1 Å². The van der Waals surface area contributed by atoms with Crippen molar-refractivity contribution in [2.75, 3.05) is 12.3 Å². The van der Waals surface area contributed by atoms with Crippen molar-refractivity contribution < 1.29 is 4.74 Å². The first-order valence-electron chi connectivity index (χ1n) is 6.61. The molecule has 0 aromatic heterocycles. The van der Waals surface area contributed by atoms with E-state index in [9.17, 15) is 0 Å². The molecule has 3 N–H and O–H groups in total. The van der Waals surface area contributed by atoms with Crippen LogP contribution in [-0.4, -0.2) is 6.61 Å². The van der Waals surface area contributed by atoms with Crippen LogP contribution in [-0.2, 0) is 19.5 Å².